The lowest BCUT2D eigenvalue weighted by molar-refractivity contribution is -0.0505. The highest BCUT2D eigenvalue weighted by Crippen LogP contribution is 2.45. The number of benzene rings is 4. The summed E-state index contributed by atoms with van der Waals surface area (Å²) in [5.74, 6) is -2.16. The van der Waals surface area contributed by atoms with Crippen LogP contribution in [0.3, 0.4) is 0 Å². The van der Waals surface area contributed by atoms with E-state index in [4.69, 9.17) is 8.37 Å². The maximum atomic E-state index is 14.1. The van der Waals surface area contributed by atoms with E-state index in [0.29, 0.717) is 22.3 Å². The van der Waals surface area contributed by atoms with Crippen molar-refractivity contribution >= 4 is 20.2 Å². The molecular formula is C46H54F6O8S2. The second kappa shape index (κ2) is 15.7. The Bertz CT molecular complexity index is 2360. The third kappa shape index (κ3) is 10.2. The van der Waals surface area contributed by atoms with Crippen molar-refractivity contribution in [3.05, 3.63) is 115 Å². The topological polar surface area (TPSA) is 127 Å². The van der Waals surface area contributed by atoms with Gasteiger partial charge in [0.15, 0.2) is 0 Å². The molecular weight excluding hydrogens is 859 g/mol. The molecule has 0 atom stereocenters. The second-order valence-electron chi connectivity index (χ2n) is 20.2. The predicted molar refractivity (Wildman–Crippen MR) is 226 cm³/mol. The maximum absolute atomic E-state index is 14.1. The van der Waals surface area contributed by atoms with Gasteiger partial charge in [0.2, 0.25) is 0 Å². The maximum Gasteiger partial charge on any atom is 0.534 e. The Labute approximate surface area is 360 Å². The smallest absolute Gasteiger partial charge is 0.507 e. The van der Waals surface area contributed by atoms with E-state index in [9.17, 15) is 53.4 Å². The normalized spacial score (nSPS) is 14.7. The van der Waals surface area contributed by atoms with Gasteiger partial charge in [0.1, 0.15) is 23.0 Å². The largest absolute Gasteiger partial charge is 0.534 e. The van der Waals surface area contributed by atoms with Crippen molar-refractivity contribution in [2.75, 3.05) is 0 Å². The molecule has 0 spiro atoms. The van der Waals surface area contributed by atoms with Crippen LogP contribution in [0.15, 0.2) is 48.5 Å². The lowest BCUT2D eigenvalue weighted by Gasteiger charge is -2.28. The Hall–Kier alpha value is -4.44. The predicted octanol–water partition coefficient (Wildman–Crippen LogP) is 11.4. The van der Waals surface area contributed by atoms with Crippen LogP contribution in [-0.2, 0) is 67.6 Å². The molecule has 2 N–H and O–H groups in total. The Kier molecular flexibility index (Phi) is 12.3. The summed E-state index contributed by atoms with van der Waals surface area (Å²) in [6.07, 6.45) is -1.61. The Morgan fingerprint density at radius 2 is 0.565 bits per heavy atom. The highest BCUT2D eigenvalue weighted by atomic mass is 32.2. The van der Waals surface area contributed by atoms with Crippen LogP contribution < -0.4 is 8.37 Å². The highest BCUT2D eigenvalue weighted by Gasteiger charge is 2.50. The molecule has 0 saturated carbocycles. The fourth-order valence-electron chi connectivity index (χ4n) is 7.17. The molecule has 1 aliphatic rings. The van der Waals surface area contributed by atoms with Gasteiger partial charge in [0.05, 0.1) is 0 Å². The number of phenolic OH excluding ortho intramolecular Hbond substituents is 2. The first kappa shape index (κ1) is 48.6. The molecule has 0 amide bonds. The molecule has 62 heavy (non-hydrogen) atoms. The molecule has 0 unspecified atom stereocenters. The molecule has 5 rings (SSSR count). The molecule has 0 aliphatic heterocycles. The van der Waals surface area contributed by atoms with Crippen LogP contribution in [0.25, 0.3) is 0 Å². The molecule has 4 aromatic carbocycles. The molecule has 8 bridgehead atoms. The SMILES string of the molecule is CC(C)(C)c1cc2c(O)c(c1)Cc1cc(C(C)(C)C)cc(c1OS(=O)(=O)C(F)(F)F)Cc1cc(C(C)(C)C)cc(c1O)Cc1cc(C(C)(C)C)cc(c1OS(=O)(=O)C(F)(F)F)C2. The summed E-state index contributed by atoms with van der Waals surface area (Å²) in [5.41, 5.74) is -11.9. The van der Waals surface area contributed by atoms with Gasteiger partial charge in [0, 0.05) is 47.9 Å². The molecule has 16 heteroatoms. The summed E-state index contributed by atoms with van der Waals surface area (Å²) in [4.78, 5) is 0. The standard InChI is InChI=1S/C46H54F6O8S2/c1-41(2,3)33-17-25-13-29-21-35(43(7,8)9)23-31(39(29)59-61(55,56)45(47,48)49)15-27-19-34(42(4,5)6)20-28(38(27)54)16-32-24-36(44(10,11)12)22-30(14-26(18-33)37(25)53)40(32)60-62(57,58)46(50,51)52/h17-24,53-54H,13-16H2,1-12H3. The Morgan fingerprint density at radius 1 is 0.387 bits per heavy atom. The summed E-state index contributed by atoms with van der Waals surface area (Å²) >= 11 is 0. The number of aromatic hydroxyl groups is 2. The van der Waals surface area contributed by atoms with Crippen LogP contribution in [0.2, 0.25) is 0 Å². The summed E-state index contributed by atoms with van der Waals surface area (Å²) in [5, 5.41) is 24.2. The zero-order valence-electron chi connectivity index (χ0n) is 36.9. The number of hydrogen-bond donors (Lipinski definition) is 2. The van der Waals surface area contributed by atoms with E-state index in [1.165, 1.54) is 24.3 Å². The molecule has 0 heterocycles. The summed E-state index contributed by atoms with van der Waals surface area (Å²) in [6, 6.07) is 12.4. The van der Waals surface area contributed by atoms with E-state index in [-0.39, 0.29) is 44.5 Å². The summed E-state index contributed by atoms with van der Waals surface area (Å²) in [7, 11) is -12.6. The average Bonchev–Trinajstić information content (AvgIpc) is 3.07. The summed E-state index contributed by atoms with van der Waals surface area (Å²) in [6.45, 7) is 22.1. The first-order chi connectivity index (χ1) is 27.8. The lowest BCUT2D eigenvalue weighted by Crippen LogP contribution is -2.29. The zero-order chi connectivity index (χ0) is 47.1. The minimum absolute atomic E-state index is 0.0522. The fourth-order valence-corrected chi connectivity index (χ4v) is 8.23. The lowest BCUT2D eigenvalue weighted by atomic mass is 9.79. The van der Waals surface area contributed by atoms with E-state index in [1.54, 1.807) is 24.3 Å². The molecule has 4 aromatic rings. The van der Waals surface area contributed by atoms with Crippen molar-refractivity contribution in [1.82, 2.24) is 0 Å². The van der Waals surface area contributed by atoms with Crippen molar-refractivity contribution < 1.29 is 61.8 Å². The Balaban J connectivity index is 2.03. The monoisotopic (exact) mass is 912 g/mol. The van der Waals surface area contributed by atoms with Gasteiger partial charge in [-0.3, -0.25) is 0 Å². The molecule has 0 saturated heterocycles. The van der Waals surface area contributed by atoms with Crippen LogP contribution in [-0.4, -0.2) is 38.1 Å². The number of alkyl halides is 6. The van der Waals surface area contributed by atoms with Gasteiger partial charge < -0.3 is 18.6 Å². The minimum Gasteiger partial charge on any atom is -0.507 e. The van der Waals surface area contributed by atoms with E-state index in [2.05, 4.69) is 0 Å². The van der Waals surface area contributed by atoms with Gasteiger partial charge in [-0.05, 0) is 66.2 Å². The zero-order valence-corrected chi connectivity index (χ0v) is 38.5. The third-order valence-electron chi connectivity index (χ3n) is 11.0. The fraction of sp³-hybridized carbons (Fsp3) is 0.478. The van der Waals surface area contributed by atoms with Gasteiger partial charge in [-0.15, -0.1) is 0 Å². The average molecular weight is 913 g/mol. The van der Waals surface area contributed by atoms with E-state index in [1.807, 2.05) is 83.1 Å². The molecule has 0 aromatic heterocycles. The van der Waals surface area contributed by atoms with Crippen molar-refractivity contribution in [2.24, 2.45) is 0 Å². The van der Waals surface area contributed by atoms with Gasteiger partial charge in [-0.25, -0.2) is 0 Å². The van der Waals surface area contributed by atoms with Gasteiger partial charge >= 0.3 is 31.3 Å². The highest BCUT2D eigenvalue weighted by molar-refractivity contribution is 7.88. The number of halogens is 6. The molecule has 0 fully saturated rings. The van der Waals surface area contributed by atoms with E-state index in [0.717, 1.165) is 0 Å². The summed E-state index contributed by atoms with van der Waals surface area (Å²) < 4.78 is 146. The number of hydrogen-bond acceptors (Lipinski definition) is 8. The van der Waals surface area contributed by atoms with E-state index < -0.39 is 102 Å². The second-order valence-corrected chi connectivity index (χ2v) is 23.3. The van der Waals surface area contributed by atoms with Gasteiger partial charge in [-0.2, -0.15) is 43.2 Å². The minimum atomic E-state index is -6.28. The van der Waals surface area contributed by atoms with Crippen LogP contribution in [0, 0.1) is 0 Å². The molecule has 0 radical (unpaired) electrons. The van der Waals surface area contributed by atoms with E-state index >= 15 is 0 Å². The molecule has 8 nitrogen and oxygen atoms in total. The number of rotatable bonds is 4. The third-order valence-corrected chi connectivity index (χ3v) is 12.9. The van der Waals surface area contributed by atoms with Gasteiger partial charge in [0.25, 0.3) is 0 Å². The number of fused-ring (bicyclic) bond motifs is 8. The quantitative estimate of drug-likeness (QED) is 0.104. The first-order valence-electron chi connectivity index (χ1n) is 19.8. The number of phenols is 2. The molecule has 1 aliphatic carbocycles. The van der Waals surface area contributed by atoms with Crippen LogP contribution in [0.5, 0.6) is 23.0 Å². The van der Waals surface area contributed by atoms with Crippen molar-refractivity contribution in [1.29, 1.82) is 0 Å². The van der Waals surface area contributed by atoms with Gasteiger partial charge in [-0.1, -0.05) is 132 Å². The van der Waals surface area contributed by atoms with Crippen LogP contribution in [0.4, 0.5) is 26.3 Å². The first-order valence-corrected chi connectivity index (χ1v) is 22.7. The molecule has 340 valence electrons. The van der Waals surface area contributed by atoms with Crippen LogP contribution in [0.1, 0.15) is 150 Å². The van der Waals surface area contributed by atoms with Crippen molar-refractivity contribution in [3.8, 4) is 23.0 Å². The van der Waals surface area contributed by atoms with Crippen molar-refractivity contribution in [3.63, 3.8) is 0 Å². The Morgan fingerprint density at radius 3 is 0.726 bits per heavy atom. The van der Waals surface area contributed by atoms with Crippen LogP contribution >= 0.6 is 0 Å². The van der Waals surface area contributed by atoms with Crippen molar-refractivity contribution in [2.45, 2.75) is 141 Å².